The molecule has 0 unspecified atom stereocenters. The third-order valence-electron chi connectivity index (χ3n) is 5.49. The van der Waals surface area contributed by atoms with Gasteiger partial charge in [0.05, 0.1) is 5.41 Å². The van der Waals surface area contributed by atoms with Crippen molar-refractivity contribution in [1.82, 2.24) is 10.2 Å². The fraction of sp³-hybridized carbons (Fsp3) is 0.938. The Balaban J connectivity index is 2.71. The van der Waals surface area contributed by atoms with E-state index in [2.05, 4.69) is 24.3 Å². The Bertz CT molecular complexity index is 336. The van der Waals surface area contributed by atoms with Crippen LogP contribution in [0.1, 0.15) is 59.8 Å². The number of carbonyl (C=O) groups is 1. The Morgan fingerprint density at radius 3 is 2.05 bits per heavy atom. The monoisotopic (exact) mass is 283 g/mol. The van der Waals surface area contributed by atoms with Crippen LogP contribution in [0.25, 0.3) is 0 Å². The summed E-state index contributed by atoms with van der Waals surface area (Å²) in [6, 6.07) is 0. The Kier molecular flexibility index (Phi) is 5.25. The summed E-state index contributed by atoms with van der Waals surface area (Å²) in [5.41, 5.74) is 5.15. The van der Waals surface area contributed by atoms with Gasteiger partial charge in [-0.15, -0.1) is 0 Å². The molecule has 1 aliphatic carbocycles. The lowest BCUT2D eigenvalue weighted by molar-refractivity contribution is -0.133. The van der Waals surface area contributed by atoms with Crippen molar-refractivity contribution in [1.29, 1.82) is 0 Å². The van der Waals surface area contributed by atoms with Gasteiger partial charge in [0.15, 0.2) is 0 Å². The smallest absolute Gasteiger partial charge is 0.227 e. The summed E-state index contributed by atoms with van der Waals surface area (Å²) in [6.07, 6.45) is 6.13. The molecule has 0 spiro atoms. The fourth-order valence-corrected chi connectivity index (χ4v) is 2.75. The van der Waals surface area contributed by atoms with Gasteiger partial charge in [0.1, 0.15) is 0 Å². The van der Waals surface area contributed by atoms with Crippen molar-refractivity contribution in [2.75, 3.05) is 20.6 Å². The quantitative estimate of drug-likeness (QED) is 0.812. The normalized spacial score (nSPS) is 20.0. The highest BCUT2D eigenvalue weighted by Gasteiger charge is 2.42. The molecule has 0 saturated heterocycles. The standard InChI is InChI=1S/C16H33N3O/c1-14(2,15(3,4)17)13(20)18-12-16(19(5)6)10-8-7-9-11-16/h7-12,17H2,1-6H3,(H,18,20). The van der Waals surface area contributed by atoms with Gasteiger partial charge < -0.3 is 16.0 Å². The van der Waals surface area contributed by atoms with Crippen LogP contribution in [0.4, 0.5) is 0 Å². The van der Waals surface area contributed by atoms with E-state index in [4.69, 9.17) is 5.73 Å². The third-order valence-corrected chi connectivity index (χ3v) is 5.49. The number of nitrogens with one attached hydrogen (secondary N) is 1. The van der Waals surface area contributed by atoms with Crippen molar-refractivity contribution in [3.05, 3.63) is 0 Å². The molecule has 1 saturated carbocycles. The van der Waals surface area contributed by atoms with Crippen molar-refractivity contribution >= 4 is 5.91 Å². The predicted octanol–water partition coefficient (Wildman–Crippen LogP) is 2.13. The molecule has 0 bridgehead atoms. The molecule has 1 fully saturated rings. The molecule has 0 aromatic carbocycles. The summed E-state index contributed by atoms with van der Waals surface area (Å²) < 4.78 is 0. The lowest BCUT2D eigenvalue weighted by atomic mass is 9.74. The van der Waals surface area contributed by atoms with Crippen molar-refractivity contribution in [2.24, 2.45) is 11.1 Å². The number of likely N-dealkylation sites (N-methyl/N-ethyl adjacent to an activating group) is 1. The van der Waals surface area contributed by atoms with Crippen LogP contribution in [-0.2, 0) is 4.79 Å². The number of carbonyl (C=O) groups excluding carboxylic acids is 1. The first-order valence-electron chi connectivity index (χ1n) is 7.78. The zero-order valence-corrected chi connectivity index (χ0v) is 14.2. The van der Waals surface area contributed by atoms with Crippen LogP contribution < -0.4 is 11.1 Å². The van der Waals surface area contributed by atoms with Gasteiger partial charge in [-0.3, -0.25) is 4.79 Å². The first-order valence-corrected chi connectivity index (χ1v) is 7.78. The van der Waals surface area contributed by atoms with Crippen LogP contribution in [0, 0.1) is 5.41 Å². The van der Waals surface area contributed by atoms with E-state index < -0.39 is 11.0 Å². The maximum atomic E-state index is 12.5. The summed E-state index contributed by atoms with van der Waals surface area (Å²) in [5.74, 6) is 0.0526. The molecule has 1 rings (SSSR count). The van der Waals surface area contributed by atoms with E-state index in [9.17, 15) is 4.79 Å². The van der Waals surface area contributed by atoms with Crippen molar-refractivity contribution in [3.63, 3.8) is 0 Å². The Hall–Kier alpha value is -0.610. The van der Waals surface area contributed by atoms with Crippen LogP contribution in [0.15, 0.2) is 0 Å². The average Bonchev–Trinajstić information content (AvgIpc) is 2.35. The number of amides is 1. The molecule has 4 nitrogen and oxygen atoms in total. The number of hydrogen-bond donors (Lipinski definition) is 2. The number of nitrogens with zero attached hydrogens (tertiary/aromatic N) is 1. The molecule has 1 amide bonds. The lowest BCUT2D eigenvalue weighted by Crippen LogP contribution is -2.59. The molecule has 0 aliphatic heterocycles. The van der Waals surface area contributed by atoms with Crippen molar-refractivity contribution < 1.29 is 4.79 Å². The minimum absolute atomic E-state index is 0.0526. The van der Waals surface area contributed by atoms with Crippen LogP contribution >= 0.6 is 0 Å². The minimum Gasteiger partial charge on any atom is -0.354 e. The predicted molar refractivity (Wildman–Crippen MR) is 84.6 cm³/mol. The van der Waals surface area contributed by atoms with E-state index >= 15 is 0 Å². The van der Waals surface area contributed by atoms with Crippen LogP contribution in [0.3, 0.4) is 0 Å². The van der Waals surface area contributed by atoms with Gasteiger partial charge in [0.25, 0.3) is 0 Å². The topological polar surface area (TPSA) is 58.4 Å². The van der Waals surface area contributed by atoms with Gasteiger partial charge in [-0.1, -0.05) is 19.3 Å². The van der Waals surface area contributed by atoms with Gasteiger partial charge in [0, 0.05) is 17.6 Å². The van der Waals surface area contributed by atoms with E-state index in [0.717, 1.165) is 19.4 Å². The van der Waals surface area contributed by atoms with E-state index in [0.29, 0.717) is 0 Å². The molecule has 0 heterocycles. The largest absolute Gasteiger partial charge is 0.354 e. The minimum atomic E-state index is -0.574. The van der Waals surface area contributed by atoms with Crippen LogP contribution in [0.2, 0.25) is 0 Å². The zero-order valence-electron chi connectivity index (χ0n) is 14.2. The van der Waals surface area contributed by atoms with Crippen LogP contribution in [0.5, 0.6) is 0 Å². The first-order chi connectivity index (χ1) is 9.03. The summed E-state index contributed by atoms with van der Waals surface area (Å²) in [4.78, 5) is 14.8. The highest BCUT2D eigenvalue weighted by Crippen LogP contribution is 2.33. The van der Waals surface area contributed by atoms with Gasteiger partial charge in [-0.05, 0) is 54.6 Å². The lowest BCUT2D eigenvalue weighted by Gasteiger charge is -2.44. The summed E-state index contributed by atoms with van der Waals surface area (Å²) in [5, 5.41) is 3.16. The number of nitrogens with two attached hydrogens (primary N) is 1. The SMILES string of the molecule is CN(C)C1(CNC(=O)C(C)(C)C(C)(C)N)CCCCC1. The molecule has 0 radical (unpaired) electrons. The second-order valence-electron chi connectivity index (χ2n) is 7.71. The molecular weight excluding hydrogens is 250 g/mol. The van der Waals surface area contributed by atoms with E-state index in [1.165, 1.54) is 19.3 Å². The first kappa shape index (κ1) is 17.4. The highest BCUT2D eigenvalue weighted by molar-refractivity contribution is 5.83. The molecule has 0 aromatic rings. The Morgan fingerprint density at radius 1 is 1.15 bits per heavy atom. The molecule has 3 N–H and O–H groups in total. The fourth-order valence-electron chi connectivity index (χ4n) is 2.75. The van der Waals surface area contributed by atoms with Crippen LogP contribution in [-0.4, -0.2) is 42.5 Å². The summed E-state index contributed by atoms with van der Waals surface area (Å²) in [6.45, 7) is 8.39. The van der Waals surface area contributed by atoms with Crippen molar-refractivity contribution in [2.45, 2.75) is 70.9 Å². The number of rotatable bonds is 5. The van der Waals surface area contributed by atoms with Crippen molar-refractivity contribution in [3.8, 4) is 0 Å². The van der Waals surface area contributed by atoms with E-state index in [-0.39, 0.29) is 11.4 Å². The summed E-state index contributed by atoms with van der Waals surface area (Å²) in [7, 11) is 4.24. The summed E-state index contributed by atoms with van der Waals surface area (Å²) >= 11 is 0. The number of hydrogen-bond acceptors (Lipinski definition) is 3. The molecule has 0 atom stereocenters. The maximum absolute atomic E-state index is 12.5. The molecule has 118 valence electrons. The Labute approximate surface area is 124 Å². The zero-order chi connectivity index (χ0) is 15.6. The van der Waals surface area contributed by atoms with Gasteiger partial charge in [0.2, 0.25) is 5.91 Å². The second kappa shape index (κ2) is 6.02. The second-order valence-corrected chi connectivity index (χ2v) is 7.71. The van der Waals surface area contributed by atoms with Gasteiger partial charge >= 0.3 is 0 Å². The van der Waals surface area contributed by atoms with E-state index in [1.54, 1.807) is 0 Å². The van der Waals surface area contributed by atoms with E-state index in [1.807, 2.05) is 27.7 Å². The van der Waals surface area contributed by atoms with Gasteiger partial charge in [-0.2, -0.15) is 0 Å². The maximum Gasteiger partial charge on any atom is 0.227 e. The molecule has 0 aromatic heterocycles. The average molecular weight is 283 g/mol. The molecule has 20 heavy (non-hydrogen) atoms. The molecule has 4 heteroatoms. The third kappa shape index (κ3) is 3.53. The van der Waals surface area contributed by atoms with Gasteiger partial charge in [-0.25, -0.2) is 0 Å². The highest BCUT2D eigenvalue weighted by atomic mass is 16.2. The Morgan fingerprint density at radius 2 is 1.65 bits per heavy atom. The molecule has 1 aliphatic rings. The molecular formula is C16H33N3O.